The zero-order chi connectivity index (χ0) is 11.3. The number of benzene rings is 1. The molecule has 0 spiro atoms. The van der Waals surface area contributed by atoms with E-state index in [2.05, 4.69) is 0 Å². The highest BCUT2D eigenvalue weighted by atomic mass is 35.5. The average Bonchev–Trinajstić information content (AvgIpc) is 2.20. The second-order valence-electron chi connectivity index (χ2n) is 3.16. The Labute approximate surface area is 104 Å². The molecule has 0 fully saturated rings. The van der Waals surface area contributed by atoms with E-state index in [0.29, 0.717) is 16.5 Å². The predicted molar refractivity (Wildman–Crippen MR) is 66.9 cm³/mol. The molecule has 0 aromatic heterocycles. The van der Waals surface area contributed by atoms with Crippen LogP contribution in [0.2, 0.25) is 10.0 Å². The highest BCUT2D eigenvalue weighted by Crippen LogP contribution is 2.30. The maximum Gasteiger partial charge on any atom is 0.0542 e. The van der Waals surface area contributed by atoms with Crippen molar-refractivity contribution in [1.82, 2.24) is 0 Å². The Hall–Kier alpha value is 0.0700. The Bertz CT molecular complexity index is 322. The van der Waals surface area contributed by atoms with E-state index in [1.54, 1.807) is 23.9 Å². The molecular weight excluding hydrogens is 253 g/mol. The van der Waals surface area contributed by atoms with Crippen LogP contribution in [0.5, 0.6) is 0 Å². The molecule has 1 rings (SSSR count). The number of nitrogens with two attached hydrogens (primary N) is 1. The van der Waals surface area contributed by atoms with Gasteiger partial charge in [0.05, 0.1) is 5.02 Å². The minimum Gasteiger partial charge on any atom is -0.396 e. The third-order valence-electron chi connectivity index (χ3n) is 1.85. The molecule has 1 atom stereocenters. The van der Waals surface area contributed by atoms with Crippen molar-refractivity contribution in [1.29, 1.82) is 0 Å². The van der Waals surface area contributed by atoms with Crippen LogP contribution in [0.3, 0.4) is 0 Å². The Morgan fingerprint density at radius 2 is 2.13 bits per heavy atom. The molecule has 15 heavy (non-hydrogen) atoms. The third kappa shape index (κ3) is 4.62. The molecule has 0 radical (unpaired) electrons. The Morgan fingerprint density at radius 3 is 2.80 bits per heavy atom. The van der Waals surface area contributed by atoms with E-state index in [0.717, 1.165) is 10.6 Å². The van der Waals surface area contributed by atoms with Crippen molar-refractivity contribution >= 4 is 35.0 Å². The monoisotopic (exact) mass is 265 g/mol. The fourth-order valence-electron chi connectivity index (χ4n) is 1.03. The molecule has 5 heteroatoms. The molecule has 0 amide bonds. The number of aliphatic hydroxyl groups is 1. The van der Waals surface area contributed by atoms with E-state index >= 15 is 0 Å². The first-order valence-electron chi connectivity index (χ1n) is 4.57. The summed E-state index contributed by atoms with van der Waals surface area (Å²) in [5.74, 6) is 0.723. The molecule has 0 aliphatic rings. The first-order chi connectivity index (χ1) is 7.13. The van der Waals surface area contributed by atoms with Crippen LogP contribution < -0.4 is 5.73 Å². The minimum atomic E-state index is -0.0185. The van der Waals surface area contributed by atoms with Gasteiger partial charge in [-0.15, -0.1) is 11.8 Å². The summed E-state index contributed by atoms with van der Waals surface area (Å²) in [6.45, 7) is 0.116. The molecule has 0 heterocycles. The predicted octanol–water partition coefficient (Wildman–Crippen LogP) is 2.80. The number of thioether (sulfide) groups is 1. The highest BCUT2D eigenvalue weighted by molar-refractivity contribution is 7.99. The van der Waals surface area contributed by atoms with Crippen molar-refractivity contribution in [2.24, 2.45) is 5.73 Å². The number of rotatable bonds is 5. The van der Waals surface area contributed by atoms with Gasteiger partial charge in [0.1, 0.15) is 0 Å². The summed E-state index contributed by atoms with van der Waals surface area (Å²) in [5.41, 5.74) is 5.76. The molecular formula is C10H13Cl2NOS. The van der Waals surface area contributed by atoms with E-state index in [-0.39, 0.29) is 12.6 Å². The number of hydrogen-bond acceptors (Lipinski definition) is 3. The first kappa shape index (κ1) is 13.1. The fraction of sp³-hybridized carbons (Fsp3) is 0.400. The fourth-order valence-corrected chi connectivity index (χ4v) is 2.53. The van der Waals surface area contributed by atoms with Crippen molar-refractivity contribution < 1.29 is 5.11 Å². The largest absolute Gasteiger partial charge is 0.396 e. The van der Waals surface area contributed by atoms with E-state index < -0.39 is 0 Å². The molecule has 84 valence electrons. The summed E-state index contributed by atoms with van der Waals surface area (Å²) in [4.78, 5) is 0.928. The number of aliphatic hydroxyl groups excluding tert-OH is 1. The lowest BCUT2D eigenvalue weighted by atomic mass is 10.3. The first-order valence-corrected chi connectivity index (χ1v) is 6.32. The molecule has 0 aliphatic heterocycles. The zero-order valence-corrected chi connectivity index (χ0v) is 10.4. The number of halogens is 2. The van der Waals surface area contributed by atoms with Gasteiger partial charge in [0.2, 0.25) is 0 Å². The molecule has 0 bridgehead atoms. The lowest BCUT2D eigenvalue weighted by molar-refractivity contribution is 0.279. The molecule has 2 nitrogen and oxygen atoms in total. The second kappa shape index (κ2) is 6.61. The third-order valence-corrected chi connectivity index (χ3v) is 3.77. The maximum atomic E-state index is 8.70. The summed E-state index contributed by atoms with van der Waals surface area (Å²) < 4.78 is 0. The van der Waals surface area contributed by atoms with E-state index in [4.69, 9.17) is 34.0 Å². The van der Waals surface area contributed by atoms with Gasteiger partial charge >= 0.3 is 0 Å². The zero-order valence-electron chi connectivity index (χ0n) is 8.12. The van der Waals surface area contributed by atoms with Crippen LogP contribution in [0.1, 0.15) is 6.42 Å². The van der Waals surface area contributed by atoms with Crippen LogP contribution in [0, 0.1) is 0 Å². The molecule has 1 aromatic rings. The molecule has 1 aromatic carbocycles. The standard InChI is InChI=1S/C10H13Cl2NOS/c11-7-1-2-9(12)10(5-7)15-6-8(13)3-4-14/h1-2,5,8,14H,3-4,6,13H2. The quantitative estimate of drug-likeness (QED) is 0.805. The summed E-state index contributed by atoms with van der Waals surface area (Å²) >= 11 is 13.4. The average molecular weight is 266 g/mol. The lowest BCUT2D eigenvalue weighted by Crippen LogP contribution is -2.23. The van der Waals surface area contributed by atoms with E-state index in [1.807, 2.05) is 6.07 Å². The topological polar surface area (TPSA) is 46.2 Å². The summed E-state index contributed by atoms with van der Waals surface area (Å²) in [7, 11) is 0. The van der Waals surface area contributed by atoms with Crippen molar-refractivity contribution in [3.05, 3.63) is 28.2 Å². The van der Waals surface area contributed by atoms with Crippen LogP contribution >= 0.6 is 35.0 Å². The van der Waals surface area contributed by atoms with Crippen molar-refractivity contribution in [3.8, 4) is 0 Å². The van der Waals surface area contributed by atoms with Crippen LogP contribution in [0.4, 0.5) is 0 Å². The Morgan fingerprint density at radius 1 is 1.40 bits per heavy atom. The highest BCUT2D eigenvalue weighted by Gasteiger charge is 2.06. The summed E-state index contributed by atoms with van der Waals surface area (Å²) in [6.07, 6.45) is 0.602. The molecule has 0 saturated carbocycles. The number of hydrogen-bond donors (Lipinski definition) is 2. The van der Waals surface area contributed by atoms with Crippen LogP contribution in [0.15, 0.2) is 23.1 Å². The van der Waals surface area contributed by atoms with Gasteiger partial charge in [-0.1, -0.05) is 23.2 Å². The van der Waals surface area contributed by atoms with Gasteiger partial charge in [0, 0.05) is 28.3 Å². The van der Waals surface area contributed by atoms with Crippen molar-refractivity contribution in [2.75, 3.05) is 12.4 Å². The van der Waals surface area contributed by atoms with Crippen molar-refractivity contribution in [3.63, 3.8) is 0 Å². The lowest BCUT2D eigenvalue weighted by Gasteiger charge is -2.10. The van der Waals surface area contributed by atoms with Gasteiger partial charge in [-0.2, -0.15) is 0 Å². The van der Waals surface area contributed by atoms with Crippen molar-refractivity contribution in [2.45, 2.75) is 17.4 Å². The molecule has 0 aliphatic carbocycles. The van der Waals surface area contributed by atoms with Gasteiger partial charge in [-0.05, 0) is 24.6 Å². The second-order valence-corrected chi connectivity index (χ2v) is 5.06. The SMILES string of the molecule is NC(CCO)CSc1cc(Cl)ccc1Cl. The minimum absolute atomic E-state index is 0.0185. The molecule has 0 saturated heterocycles. The summed E-state index contributed by atoms with van der Waals surface area (Å²) in [5, 5.41) is 10.0. The van der Waals surface area contributed by atoms with Gasteiger partial charge in [-0.3, -0.25) is 0 Å². The Kier molecular flexibility index (Phi) is 5.79. The van der Waals surface area contributed by atoms with E-state index in [1.165, 1.54) is 0 Å². The van der Waals surface area contributed by atoms with E-state index in [9.17, 15) is 0 Å². The van der Waals surface area contributed by atoms with Gasteiger partial charge in [-0.25, -0.2) is 0 Å². The summed E-state index contributed by atoms with van der Waals surface area (Å²) in [6, 6.07) is 5.32. The molecule has 3 N–H and O–H groups in total. The smallest absolute Gasteiger partial charge is 0.0542 e. The van der Waals surface area contributed by atoms with Crippen LogP contribution in [-0.4, -0.2) is 23.5 Å². The van der Waals surface area contributed by atoms with Gasteiger partial charge < -0.3 is 10.8 Å². The van der Waals surface area contributed by atoms with Crippen LogP contribution in [0.25, 0.3) is 0 Å². The van der Waals surface area contributed by atoms with Gasteiger partial charge in [0.25, 0.3) is 0 Å². The van der Waals surface area contributed by atoms with Crippen LogP contribution in [-0.2, 0) is 0 Å². The van der Waals surface area contributed by atoms with Gasteiger partial charge in [0.15, 0.2) is 0 Å². The molecule has 1 unspecified atom stereocenters. The normalized spacial score (nSPS) is 12.8. The maximum absolute atomic E-state index is 8.70. The Balaban J connectivity index is 2.53.